The Morgan fingerprint density at radius 1 is 1.44 bits per heavy atom. The molecule has 0 amide bonds. The van der Waals surface area contributed by atoms with Crippen LogP contribution in [0.1, 0.15) is 12.0 Å². The molecule has 0 fully saturated rings. The second-order valence-corrected chi connectivity index (χ2v) is 4.19. The number of anilines is 1. The lowest BCUT2D eigenvalue weighted by atomic mass is 10.2. The number of aromatic nitrogens is 1. The van der Waals surface area contributed by atoms with Crippen molar-refractivity contribution in [2.24, 2.45) is 0 Å². The van der Waals surface area contributed by atoms with E-state index >= 15 is 0 Å². The first kappa shape index (κ1) is 13.2. The molecule has 0 saturated heterocycles. The molecule has 0 radical (unpaired) electrons. The molecule has 0 aliphatic rings. The number of thioether (sulfide) groups is 1. The summed E-state index contributed by atoms with van der Waals surface area (Å²) in [7, 11) is 0. The van der Waals surface area contributed by atoms with Gasteiger partial charge >= 0.3 is 6.18 Å². The summed E-state index contributed by atoms with van der Waals surface area (Å²) < 4.78 is 37.1. The summed E-state index contributed by atoms with van der Waals surface area (Å²) in [6.07, 6.45) is -0.250. The number of hydrogen-bond donors (Lipinski definition) is 1. The second kappa shape index (κ2) is 5.98. The zero-order valence-corrected chi connectivity index (χ0v) is 9.66. The molecular weight excluding hydrogens is 237 g/mol. The topological polar surface area (TPSA) is 24.9 Å². The van der Waals surface area contributed by atoms with Gasteiger partial charge in [0.1, 0.15) is 5.82 Å². The zero-order chi connectivity index (χ0) is 12.0. The minimum Gasteiger partial charge on any atom is -0.370 e. The molecule has 0 aromatic carbocycles. The van der Waals surface area contributed by atoms with Gasteiger partial charge in [0.25, 0.3) is 0 Å². The van der Waals surface area contributed by atoms with Gasteiger partial charge in [-0.1, -0.05) is 0 Å². The normalized spacial score (nSPS) is 11.5. The predicted molar refractivity (Wildman–Crippen MR) is 60.7 cm³/mol. The lowest BCUT2D eigenvalue weighted by molar-refractivity contribution is -0.137. The number of nitrogens with one attached hydrogen (secondary N) is 1. The van der Waals surface area contributed by atoms with Gasteiger partial charge in [0.05, 0.1) is 5.56 Å². The Hall–Kier alpha value is -0.910. The lowest BCUT2D eigenvalue weighted by Gasteiger charge is -2.09. The van der Waals surface area contributed by atoms with E-state index in [4.69, 9.17) is 0 Å². The molecule has 0 aliphatic carbocycles. The van der Waals surface area contributed by atoms with E-state index in [0.717, 1.165) is 24.3 Å². The highest BCUT2D eigenvalue weighted by Gasteiger charge is 2.30. The molecule has 2 nitrogen and oxygen atoms in total. The molecule has 0 spiro atoms. The Morgan fingerprint density at radius 3 is 2.81 bits per heavy atom. The molecule has 90 valence electrons. The molecule has 1 aromatic rings. The van der Waals surface area contributed by atoms with Crippen molar-refractivity contribution in [1.29, 1.82) is 0 Å². The number of hydrogen-bond acceptors (Lipinski definition) is 3. The van der Waals surface area contributed by atoms with E-state index in [-0.39, 0.29) is 5.82 Å². The monoisotopic (exact) mass is 250 g/mol. The van der Waals surface area contributed by atoms with Crippen molar-refractivity contribution < 1.29 is 13.2 Å². The molecule has 1 aromatic heterocycles. The molecule has 1 N–H and O–H groups in total. The van der Waals surface area contributed by atoms with Crippen molar-refractivity contribution >= 4 is 17.6 Å². The van der Waals surface area contributed by atoms with Crippen LogP contribution in [-0.4, -0.2) is 23.5 Å². The van der Waals surface area contributed by atoms with Crippen LogP contribution in [0.2, 0.25) is 0 Å². The van der Waals surface area contributed by atoms with E-state index in [1.807, 2.05) is 6.26 Å². The predicted octanol–water partition coefficient (Wildman–Crippen LogP) is 3.27. The maximum atomic E-state index is 12.4. The quantitative estimate of drug-likeness (QED) is 0.812. The SMILES string of the molecule is CSCCCNc1cc(C(F)(F)F)ccn1. The van der Waals surface area contributed by atoms with Crippen LogP contribution in [0.4, 0.5) is 19.0 Å². The number of rotatable bonds is 5. The van der Waals surface area contributed by atoms with Crippen LogP contribution in [0.3, 0.4) is 0 Å². The molecular formula is C10H13F3N2S. The van der Waals surface area contributed by atoms with Crippen LogP contribution >= 0.6 is 11.8 Å². The Labute approximate surface area is 96.6 Å². The first-order chi connectivity index (χ1) is 7.54. The van der Waals surface area contributed by atoms with Gasteiger partial charge in [0.2, 0.25) is 0 Å². The lowest BCUT2D eigenvalue weighted by Crippen LogP contribution is -2.08. The van der Waals surface area contributed by atoms with Gasteiger partial charge < -0.3 is 5.32 Å². The van der Waals surface area contributed by atoms with Gasteiger partial charge in [-0.2, -0.15) is 24.9 Å². The summed E-state index contributed by atoms with van der Waals surface area (Å²) in [6, 6.07) is 1.99. The van der Waals surface area contributed by atoms with E-state index in [0.29, 0.717) is 6.54 Å². The highest BCUT2D eigenvalue weighted by molar-refractivity contribution is 7.98. The Morgan fingerprint density at radius 2 is 2.19 bits per heavy atom. The largest absolute Gasteiger partial charge is 0.416 e. The minimum atomic E-state index is -4.31. The summed E-state index contributed by atoms with van der Waals surface area (Å²) in [5.41, 5.74) is -0.671. The molecule has 0 unspecified atom stereocenters. The van der Waals surface area contributed by atoms with Gasteiger partial charge in [0, 0.05) is 12.7 Å². The average Bonchev–Trinajstić information content (AvgIpc) is 2.24. The van der Waals surface area contributed by atoms with E-state index in [1.54, 1.807) is 11.8 Å². The third-order valence-corrected chi connectivity index (χ3v) is 2.62. The van der Waals surface area contributed by atoms with Gasteiger partial charge in [-0.05, 0) is 30.6 Å². The number of pyridine rings is 1. The first-order valence-electron chi connectivity index (χ1n) is 4.80. The van der Waals surface area contributed by atoms with Crippen molar-refractivity contribution in [1.82, 2.24) is 4.98 Å². The maximum absolute atomic E-state index is 12.4. The number of halogens is 3. The minimum absolute atomic E-state index is 0.274. The van der Waals surface area contributed by atoms with Crippen molar-refractivity contribution in [3.05, 3.63) is 23.9 Å². The van der Waals surface area contributed by atoms with E-state index < -0.39 is 11.7 Å². The highest BCUT2D eigenvalue weighted by atomic mass is 32.2. The van der Waals surface area contributed by atoms with E-state index in [2.05, 4.69) is 10.3 Å². The van der Waals surface area contributed by atoms with Gasteiger partial charge in [0.15, 0.2) is 0 Å². The number of nitrogens with zero attached hydrogens (tertiary/aromatic N) is 1. The summed E-state index contributed by atoms with van der Waals surface area (Å²) in [5, 5.41) is 2.87. The summed E-state index contributed by atoms with van der Waals surface area (Å²) in [4.78, 5) is 3.83. The van der Waals surface area contributed by atoms with Crippen LogP contribution in [0.5, 0.6) is 0 Å². The second-order valence-electron chi connectivity index (χ2n) is 3.20. The van der Waals surface area contributed by atoms with Gasteiger partial charge in [-0.3, -0.25) is 0 Å². The van der Waals surface area contributed by atoms with E-state index in [1.165, 1.54) is 6.20 Å². The molecule has 1 rings (SSSR count). The zero-order valence-electron chi connectivity index (χ0n) is 8.84. The highest BCUT2D eigenvalue weighted by Crippen LogP contribution is 2.29. The molecule has 0 bridgehead atoms. The van der Waals surface area contributed by atoms with Crippen molar-refractivity contribution in [2.45, 2.75) is 12.6 Å². The van der Waals surface area contributed by atoms with Crippen LogP contribution in [0.25, 0.3) is 0 Å². The summed E-state index contributed by atoms with van der Waals surface area (Å²) >= 11 is 1.70. The first-order valence-corrected chi connectivity index (χ1v) is 6.19. The fourth-order valence-electron chi connectivity index (χ4n) is 1.14. The van der Waals surface area contributed by atoms with Crippen LogP contribution in [0.15, 0.2) is 18.3 Å². The Balaban J connectivity index is 2.54. The number of alkyl halides is 3. The standard InChI is InChI=1S/C10H13F3N2S/c1-16-6-2-4-14-9-7-8(3-5-15-9)10(11,12)13/h3,5,7H,2,4,6H2,1H3,(H,14,15). The molecule has 1 heterocycles. The van der Waals surface area contributed by atoms with Crippen molar-refractivity contribution in [3.63, 3.8) is 0 Å². The summed E-state index contributed by atoms with van der Waals surface area (Å²) in [5.74, 6) is 1.25. The fraction of sp³-hybridized carbons (Fsp3) is 0.500. The molecule has 16 heavy (non-hydrogen) atoms. The van der Waals surface area contributed by atoms with Crippen molar-refractivity contribution in [2.75, 3.05) is 23.9 Å². The molecule has 0 atom stereocenters. The van der Waals surface area contributed by atoms with Gasteiger partial charge in [-0.25, -0.2) is 4.98 Å². The van der Waals surface area contributed by atoms with Crippen LogP contribution < -0.4 is 5.32 Å². The Kier molecular flexibility index (Phi) is 4.92. The Bertz CT molecular complexity index is 328. The molecule has 0 aliphatic heterocycles. The molecule has 6 heteroatoms. The van der Waals surface area contributed by atoms with E-state index in [9.17, 15) is 13.2 Å². The molecule has 0 saturated carbocycles. The fourth-order valence-corrected chi connectivity index (χ4v) is 1.57. The third kappa shape index (κ3) is 4.30. The van der Waals surface area contributed by atoms with Crippen LogP contribution in [0, 0.1) is 0 Å². The average molecular weight is 250 g/mol. The van der Waals surface area contributed by atoms with Crippen LogP contribution in [-0.2, 0) is 6.18 Å². The van der Waals surface area contributed by atoms with Crippen molar-refractivity contribution in [3.8, 4) is 0 Å². The maximum Gasteiger partial charge on any atom is 0.416 e. The summed E-state index contributed by atoms with van der Waals surface area (Å²) in [6.45, 7) is 0.634. The van der Waals surface area contributed by atoms with Gasteiger partial charge in [-0.15, -0.1) is 0 Å². The third-order valence-electron chi connectivity index (χ3n) is 1.92. The smallest absolute Gasteiger partial charge is 0.370 e.